The number of aliphatic hydroxyl groups is 3. The van der Waals surface area contributed by atoms with Gasteiger partial charge in [-0.1, -0.05) is 69.4 Å². The van der Waals surface area contributed by atoms with Crippen molar-refractivity contribution >= 4 is 62.1 Å². The van der Waals surface area contributed by atoms with Crippen molar-refractivity contribution in [3.63, 3.8) is 0 Å². The number of benzene rings is 3. The number of carbonyl (C=O) groups is 4. The normalized spacial score (nSPS) is 26.7. The summed E-state index contributed by atoms with van der Waals surface area (Å²) < 4.78 is 21.6. The summed E-state index contributed by atoms with van der Waals surface area (Å²) in [5.74, 6) is -2.03. The van der Waals surface area contributed by atoms with Gasteiger partial charge in [-0.3, -0.25) is 14.8 Å². The van der Waals surface area contributed by atoms with Crippen LogP contribution in [0, 0.1) is 29.1 Å². The topological polar surface area (TPSA) is 309 Å². The number of ether oxygens (including phenoxy) is 3. The second kappa shape index (κ2) is 25.9. The van der Waals surface area contributed by atoms with Crippen LogP contribution in [0.15, 0.2) is 79.0 Å². The fraction of sp³-hybridized carbons (Fsp3) is 0.537. The maximum Gasteiger partial charge on any atom is 0.409 e. The van der Waals surface area contributed by atoms with Crippen molar-refractivity contribution in [3.05, 3.63) is 118 Å². The zero-order valence-corrected chi connectivity index (χ0v) is 53.2. The molecule has 6 aliphatic rings. The molecule has 23 heteroatoms. The van der Waals surface area contributed by atoms with E-state index in [2.05, 4.69) is 55.6 Å². The number of hydrogen-bond donors (Lipinski definition) is 9. The van der Waals surface area contributed by atoms with Crippen molar-refractivity contribution < 1.29 is 58.9 Å². The number of anilines is 3. The van der Waals surface area contributed by atoms with Gasteiger partial charge in [-0.05, 0) is 159 Å². The molecule has 2 aliphatic heterocycles. The van der Waals surface area contributed by atoms with E-state index in [0.29, 0.717) is 78.3 Å². The number of hydrogen-bond acceptors (Lipinski definition) is 18. The Morgan fingerprint density at radius 2 is 1.64 bits per heavy atom. The molecule has 6 aromatic rings. The number of rotatable bonds is 24. The van der Waals surface area contributed by atoms with Crippen LogP contribution in [0.1, 0.15) is 128 Å². The molecule has 4 aliphatic carbocycles. The van der Waals surface area contributed by atoms with Gasteiger partial charge in [0.1, 0.15) is 30.7 Å². The minimum Gasteiger partial charge on any atom is -0.479 e. The average molecular weight is 1260 g/mol. The van der Waals surface area contributed by atoms with Gasteiger partial charge in [0.25, 0.3) is 5.91 Å². The molecule has 0 radical (unpaired) electrons. The van der Waals surface area contributed by atoms with E-state index in [1.54, 1.807) is 13.2 Å². The quantitative estimate of drug-likeness (QED) is 0.0277. The molecule has 5 fully saturated rings. The maximum absolute atomic E-state index is 13.8. The molecule has 4 bridgehead atoms. The largest absolute Gasteiger partial charge is 0.479 e. The lowest BCUT2D eigenvalue weighted by Gasteiger charge is -2.69. The number of para-hydroxylation sites is 1. The van der Waals surface area contributed by atoms with Crippen molar-refractivity contribution in [2.24, 2.45) is 27.9 Å². The van der Waals surface area contributed by atoms with E-state index < -0.39 is 54.2 Å². The van der Waals surface area contributed by atoms with Crippen LogP contribution in [0.5, 0.6) is 0 Å². The number of carbonyl (C=O) groups excluding carboxylic acids is 2. The van der Waals surface area contributed by atoms with Crippen molar-refractivity contribution in [3.8, 4) is 11.1 Å². The van der Waals surface area contributed by atoms with E-state index in [-0.39, 0.29) is 72.5 Å². The Labute approximate surface area is 528 Å². The Hall–Kier alpha value is -7.09. The summed E-state index contributed by atoms with van der Waals surface area (Å²) in [7, 11) is 1.68. The number of carboxylic acid groups (broad SMARTS) is 2. The fourth-order valence-corrected chi connectivity index (χ4v) is 16.7. The lowest BCUT2D eigenvalue weighted by Crippen LogP contribution is -2.64. The summed E-state index contributed by atoms with van der Waals surface area (Å²) in [6.45, 7) is 16.3. The van der Waals surface area contributed by atoms with Crippen LogP contribution >= 0.6 is 11.3 Å². The number of fused-ring (bicyclic) bond motifs is 2. The third kappa shape index (κ3) is 13.7. The highest BCUT2D eigenvalue weighted by atomic mass is 32.1. The first-order valence-corrected chi connectivity index (χ1v) is 32.2. The van der Waals surface area contributed by atoms with Gasteiger partial charge in [0.2, 0.25) is 0 Å². The highest BCUT2D eigenvalue weighted by Gasteiger charge is 2.66. The van der Waals surface area contributed by atoms with Gasteiger partial charge in [0.05, 0.1) is 34.7 Å². The minimum absolute atomic E-state index is 0.00408. The van der Waals surface area contributed by atoms with Crippen LogP contribution in [0.3, 0.4) is 0 Å². The van der Waals surface area contributed by atoms with Crippen LogP contribution in [0.2, 0.25) is 0 Å². The van der Waals surface area contributed by atoms with Gasteiger partial charge in [-0.2, -0.15) is 5.10 Å². The maximum atomic E-state index is 13.8. The van der Waals surface area contributed by atoms with E-state index in [1.165, 1.54) is 16.2 Å². The number of nitrogens with two attached hydrogens (primary N) is 1. The second-order valence-electron chi connectivity index (χ2n) is 27.4. The van der Waals surface area contributed by atoms with E-state index in [1.807, 2.05) is 89.3 Å². The third-order valence-corrected chi connectivity index (χ3v) is 20.5. The standard InChI is InChI=1S/C67H86N10O12S/c1-38(2)49(68)28-69-39(3)26-70-44-17-15-43(42(25-44)16-19-51-55(78)56(79)57(80)58(89-51)61(84)85)30-87-63(86)75(7)23-24-88-67-34-64(5)31-65(6,35-67)33-66(32-64,36-67)37-77-40(4)47(27-71-77)45-18-20-53(73-54(45)60(82)83)76-22-21-41-11-10-12-46(48(41)29-76)59(81)74-62-72-50-13-8-9-14-52(50)90-62/h8-15,17-18,20,25,27,38-39,49,51,55-58,69-70,78-80H,16,19,21-24,26,28-37,68H2,1-7H3,(H,82,83)(H,84,85)(H,72,74,81)/t39-,49+,51-,55-,56+,57-,58-,64?,65?,66?,67?/m0/s1. The van der Waals surface area contributed by atoms with Gasteiger partial charge in [-0.25, -0.2) is 24.4 Å². The molecule has 2 amide bonds. The molecule has 90 heavy (non-hydrogen) atoms. The van der Waals surface area contributed by atoms with Crippen molar-refractivity contribution in [1.29, 1.82) is 0 Å². The molecule has 22 nitrogen and oxygen atoms in total. The van der Waals surface area contributed by atoms with Gasteiger partial charge in [0, 0.05) is 86.5 Å². The Balaban J connectivity index is 0.730. The molecule has 482 valence electrons. The monoisotopic (exact) mass is 1250 g/mol. The van der Waals surface area contributed by atoms with Gasteiger partial charge < -0.3 is 65.9 Å². The number of likely N-dealkylation sites (N-methyl/N-ethyl adjacent to an activating group) is 1. The first kappa shape index (κ1) is 64.4. The zero-order valence-electron chi connectivity index (χ0n) is 52.4. The fourth-order valence-electron chi connectivity index (χ4n) is 15.9. The molecule has 10 N–H and O–H groups in total. The van der Waals surface area contributed by atoms with E-state index in [9.17, 15) is 44.7 Å². The van der Waals surface area contributed by atoms with Gasteiger partial charge >= 0.3 is 18.0 Å². The predicted molar refractivity (Wildman–Crippen MR) is 342 cm³/mol. The molecule has 5 heterocycles. The predicted octanol–water partition coefficient (Wildman–Crippen LogP) is 8.02. The zero-order chi connectivity index (χ0) is 64.0. The second-order valence-corrected chi connectivity index (χ2v) is 28.5. The van der Waals surface area contributed by atoms with Crippen LogP contribution < -0.4 is 26.6 Å². The van der Waals surface area contributed by atoms with Crippen molar-refractivity contribution in [2.75, 3.05) is 55.4 Å². The molecule has 3 aromatic heterocycles. The van der Waals surface area contributed by atoms with Crippen molar-refractivity contribution in [1.82, 2.24) is 30.0 Å². The van der Waals surface area contributed by atoms with Crippen LogP contribution in [0.4, 0.5) is 21.4 Å². The first-order chi connectivity index (χ1) is 42.8. The third-order valence-electron chi connectivity index (χ3n) is 19.5. The molecule has 4 saturated carbocycles. The number of aromatic carboxylic acids is 1. The summed E-state index contributed by atoms with van der Waals surface area (Å²) in [6.07, 6.45) is 0.0129. The number of aryl methyl sites for hydroxylation is 1. The highest BCUT2D eigenvalue weighted by molar-refractivity contribution is 7.22. The van der Waals surface area contributed by atoms with Crippen LogP contribution in [-0.2, 0) is 51.5 Å². The number of thiazole rings is 1. The lowest BCUT2D eigenvalue weighted by molar-refractivity contribution is -0.248. The SMILES string of the molecule is Cc1c(-c2ccc(N3CCc4cccc(C(=O)Nc5nc6ccccc6s5)c4C3)nc2C(=O)O)cnn1CC12CC3(C)CC(C)(C1)CC(OCCN(C)C(=O)OCc1ccc(NC[C@H](C)NC[C@@H](N)C(C)C)cc1CC[C@@H]1O[C@H](C(=O)O)[C@@H](O)[C@H](O)[C@H]1O)(C3)C2. The van der Waals surface area contributed by atoms with Crippen molar-refractivity contribution in [2.45, 2.75) is 167 Å². The molecule has 9 atom stereocenters. The number of carboxylic acids is 2. The molecule has 1 saturated heterocycles. The number of aliphatic carboxylic acids is 1. The Bertz CT molecular complexity index is 3600. The molecule has 0 spiro atoms. The molecule has 3 aromatic carbocycles. The van der Waals surface area contributed by atoms with Gasteiger partial charge in [0.15, 0.2) is 16.9 Å². The Morgan fingerprint density at radius 3 is 2.38 bits per heavy atom. The van der Waals surface area contributed by atoms with Gasteiger partial charge in [-0.15, -0.1) is 0 Å². The Kier molecular flexibility index (Phi) is 18.5. The number of amides is 2. The van der Waals surface area contributed by atoms with Crippen LogP contribution in [-0.4, -0.2) is 162 Å². The Morgan fingerprint density at radius 1 is 0.878 bits per heavy atom. The lowest BCUT2D eigenvalue weighted by atomic mass is 9.39. The number of nitrogens with one attached hydrogen (secondary N) is 3. The van der Waals surface area contributed by atoms with E-state index in [0.717, 1.165) is 76.8 Å². The smallest absolute Gasteiger partial charge is 0.409 e. The molecular formula is C67H86N10O12S. The first-order valence-electron chi connectivity index (χ1n) is 31.4. The molecule has 12 rings (SSSR count). The van der Waals surface area contributed by atoms with Crippen LogP contribution in [0.25, 0.3) is 21.3 Å². The minimum atomic E-state index is -1.80. The van der Waals surface area contributed by atoms with E-state index >= 15 is 0 Å². The number of pyridine rings is 1. The summed E-state index contributed by atoms with van der Waals surface area (Å²) >= 11 is 1.42. The summed E-state index contributed by atoms with van der Waals surface area (Å²) in [4.78, 5) is 65.5. The summed E-state index contributed by atoms with van der Waals surface area (Å²) in [6, 6.07) is 22.9. The average Bonchev–Trinajstić information content (AvgIpc) is 0.723. The highest BCUT2D eigenvalue weighted by Crippen LogP contribution is 2.72. The summed E-state index contributed by atoms with van der Waals surface area (Å²) in [5, 5.41) is 67.5. The van der Waals surface area contributed by atoms with E-state index in [4.69, 9.17) is 30.0 Å². The molecular weight excluding hydrogens is 1170 g/mol. The number of nitrogens with zero attached hydrogens (tertiary/aromatic N) is 6. The summed E-state index contributed by atoms with van der Waals surface area (Å²) in [5.41, 5.74) is 13.1. The molecule has 2 unspecified atom stereocenters. The number of aromatic nitrogens is 4. The number of aliphatic hydroxyl groups excluding tert-OH is 3.